The van der Waals surface area contributed by atoms with E-state index in [-0.39, 0.29) is 31.5 Å². The van der Waals surface area contributed by atoms with Gasteiger partial charge >= 0.3 is 12.1 Å². The van der Waals surface area contributed by atoms with E-state index in [4.69, 9.17) is 4.74 Å². The molecule has 1 fully saturated rings. The van der Waals surface area contributed by atoms with E-state index in [0.29, 0.717) is 25.0 Å². The van der Waals surface area contributed by atoms with Crippen LogP contribution < -0.4 is 5.32 Å². The van der Waals surface area contributed by atoms with Crippen LogP contribution in [0, 0.1) is 5.92 Å². The lowest BCUT2D eigenvalue weighted by Crippen LogP contribution is -2.42. The molecule has 1 heterocycles. The first-order chi connectivity index (χ1) is 16.0. The van der Waals surface area contributed by atoms with Crippen LogP contribution in [0.1, 0.15) is 36.8 Å². The van der Waals surface area contributed by atoms with Crippen LogP contribution in [0.15, 0.2) is 60.2 Å². The van der Waals surface area contributed by atoms with Gasteiger partial charge in [-0.25, -0.2) is 4.79 Å². The second-order valence-corrected chi connectivity index (χ2v) is 8.52. The van der Waals surface area contributed by atoms with Crippen molar-refractivity contribution in [1.82, 2.24) is 10.2 Å². The van der Waals surface area contributed by atoms with Gasteiger partial charge in [0.2, 0.25) is 5.91 Å². The minimum atomic E-state index is -0.869. The Morgan fingerprint density at radius 2 is 1.73 bits per heavy atom. The molecule has 7 nitrogen and oxygen atoms in total. The maximum atomic E-state index is 12.6. The lowest BCUT2D eigenvalue weighted by atomic mass is 9.98. The SMILES string of the molecule is C/C(=C\CNC(=O)OCC1c2ccccc2-c2ccccc21)C(=O)N1CCC[C@@H](C(=O)O)C1. The molecule has 7 heteroatoms. The number of carbonyl (C=O) groups excluding carboxylic acids is 2. The summed E-state index contributed by atoms with van der Waals surface area (Å²) in [6, 6.07) is 16.3. The third kappa shape index (κ3) is 4.92. The molecule has 1 saturated heterocycles. The summed E-state index contributed by atoms with van der Waals surface area (Å²) in [7, 11) is 0. The number of hydrogen-bond acceptors (Lipinski definition) is 4. The summed E-state index contributed by atoms with van der Waals surface area (Å²) in [4.78, 5) is 37.7. The Labute approximate surface area is 193 Å². The van der Waals surface area contributed by atoms with E-state index >= 15 is 0 Å². The quantitative estimate of drug-likeness (QED) is 0.656. The van der Waals surface area contributed by atoms with Gasteiger partial charge in [0.25, 0.3) is 0 Å². The Kier molecular flexibility index (Phi) is 6.77. The van der Waals surface area contributed by atoms with Gasteiger partial charge in [0.05, 0.1) is 5.92 Å². The van der Waals surface area contributed by atoms with Crippen LogP contribution in [-0.2, 0) is 14.3 Å². The number of carboxylic acids is 1. The Bertz CT molecular complexity index is 1050. The van der Waals surface area contributed by atoms with Gasteiger partial charge in [-0.1, -0.05) is 54.6 Å². The maximum absolute atomic E-state index is 12.6. The van der Waals surface area contributed by atoms with Crippen LogP contribution in [0.5, 0.6) is 0 Å². The number of carbonyl (C=O) groups is 3. The van der Waals surface area contributed by atoms with Crippen molar-refractivity contribution in [3.63, 3.8) is 0 Å². The molecule has 0 radical (unpaired) electrons. The van der Waals surface area contributed by atoms with Crippen LogP contribution in [0.25, 0.3) is 11.1 Å². The highest BCUT2D eigenvalue weighted by atomic mass is 16.5. The van der Waals surface area contributed by atoms with Crippen molar-refractivity contribution in [3.05, 3.63) is 71.3 Å². The Morgan fingerprint density at radius 3 is 2.36 bits per heavy atom. The second-order valence-electron chi connectivity index (χ2n) is 8.52. The van der Waals surface area contributed by atoms with Crippen LogP contribution in [0.3, 0.4) is 0 Å². The summed E-state index contributed by atoms with van der Waals surface area (Å²) in [6.45, 7) is 2.83. The smallest absolute Gasteiger partial charge is 0.407 e. The van der Waals surface area contributed by atoms with E-state index in [1.165, 1.54) is 11.1 Å². The number of hydrogen-bond donors (Lipinski definition) is 2. The number of amides is 2. The first kappa shape index (κ1) is 22.6. The van der Waals surface area contributed by atoms with E-state index in [2.05, 4.69) is 29.6 Å². The number of nitrogens with zero attached hydrogens (tertiary/aromatic N) is 1. The fraction of sp³-hybridized carbons (Fsp3) is 0.346. The number of carboxylic acid groups (broad SMARTS) is 1. The van der Waals surface area contributed by atoms with Crippen molar-refractivity contribution in [2.24, 2.45) is 5.92 Å². The Balaban J connectivity index is 1.29. The van der Waals surface area contributed by atoms with Crippen molar-refractivity contribution < 1.29 is 24.2 Å². The molecule has 2 N–H and O–H groups in total. The zero-order chi connectivity index (χ0) is 23.4. The summed E-state index contributed by atoms with van der Waals surface area (Å²) in [6.07, 6.45) is 2.35. The van der Waals surface area contributed by atoms with Crippen LogP contribution in [0.2, 0.25) is 0 Å². The van der Waals surface area contributed by atoms with E-state index in [1.807, 2.05) is 24.3 Å². The number of likely N-dealkylation sites (tertiary alicyclic amines) is 1. The van der Waals surface area contributed by atoms with Gasteiger partial charge in [0.15, 0.2) is 0 Å². The largest absolute Gasteiger partial charge is 0.481 e. The second kappa shape index (κ2) is 9.90. The highest BCUT2D eigenvalue weighted by Crippen LogP contribution is 2.44. The normalized spacial score (nSPS) is 17.8. The molecular formula is C26H28N2O5. The molecular weight excluding hydrogens is 420 g/mol. The summed E-state index contributed by atoms with van der Waals surface area (Å²) < 4.78 is 5.50. The minimum absolute atomic E-state index is 0.0108. The van der Waals surface area contributed by atoms with Crippen molar-refractivity contribution >= 4 is 18.0 Å². The fourth-order valence-electron chi connectivity index (χ4n) is 4.64. The third-order valence-electron chi connectivity index (χ3n) is 6.39. The number of alkyl carbamates (subject to hydrolysis) is 1. The van der Waals surface area contributed by atoms with Gasteiger partial charge in [0, 0.05) is 31.1 Å². The number of aliphatic carboxylic acids is 1. The van der Waals surface area contributed by atoms with Crippen LogP contribution in [0.4, 0.5) is 4.79 Å². The summed E-state index contributed by atoms with van der Waals surface area (Å²) in [5, 5.41) is 11.9. The molecule has 2 aromatic rings. The summed E-state index contributed by atoms with van der Waals surface area (Å²) in [5.41, 5.74) is 5.10. The Morgan fingerprint density at radius 1 is 1.09 bits per heavy atom. The number of piperidine rings is 1. The van der Waals surface area contributed by atoms with Crippen LogP contribution >= 0.6 is 0 Å². The molecule has 0 bridgehead atoms. The van der Waals surface area contributed by atoms with Gasteiger partial charge in [-0.05, 0) is 42.0 Å². The average Bonchev–Trinajstić information content (AvgIpc) is 3.16. The van der Waals surface area contributed by atoms with Crippen molar-refractivity contribution in [1.29, 1.82) is 0 Å². The van der Waals surface area contributed by atoms with Gasteiger partial charge in [0.1, 0.15) is 6.61 Å². The molecule has 1 aliphatic heterocycles. The molecule has 1 atom stereocenters. The molecule has 2 amide bonds. The number of rotatable bonds is 6. The highest BCUT2D eigenvalue weighted by Gasteiger charge is 2.30. The van der Waals surface area contributed by atoms with E-state index < -0.39 is 18.0 Å². The molecule has 0 unspecified atom stereocenters. The lowest BCUT2D eigenvalue weighted by molar-refractivity contribution is -0.145. The number of nitrogens with one attached hydrogen (secondary N) is 1. The molecule has 0 aromatic heterocycles. The zero-order valence-corrected chi connectivity index (χ0v) is 18.6. The lowest BCUT2D eigenvalue weighted by Gasteiger charge is -2.31. The van der Waals surface area contributed by atoms with Gasteiger partial charge in [-0.3, -0.25) is 9.59 Å². The molecule has 2 aliphatic rings. The molecule has 172 valence electrons. The average molecular weight is 449 g/mol. The summed E-state index contributed by atoms with van der Waals surface area (Å²) in [5.74, 6) is -1.60. The summed E-state index contributed by atoms with van der Waals surface area (Å²) >= 11 is 0. The van der Waals surface area contributed by atoms with Gasteiger partial charge < -0.3 is 20.1 Å². The molecule has 0 spiro atoms. The predicted octanol–water partition coefficient (Wildman–Crippen LogP) is 3.79. The standard InChI is InChI=1S/C26H28N2O5/c1-17(24(29)28-14-6-7-18(15-28)25(30)31)12-13-27-26(32)33-16-23-21-10-4-2-8-19(21)20-9-3-5-11-22(20)23/h2-5,8-12,18,23H,6-7,13-16H2,1H3,(H,27,32)(H,30,31)/b17-12+/t18-/m1/s1. The van der Waals surface area contributed by atoms with E-state index in [0.717, 1.165) is 11.1 Å². The first-order valence-electron chi connectivity index (χ1n) is 11.2. The molecule has 1 aliphatic carbocycles. The van der Waals surface area contributed by atoms with Gasteiger partial charge in [-0.15, -0.1) is 0 Å². The third-order valence-corrected chi connectivity index (χ3v) is 6.39. The minimum Gasteiger partial charge on any atom is -0.481 e. The molecule has 2 aromatic carbocycles. The van der Waals surface area contributed by atoms with Gasteiger partial charge in [-0.2, -0.15) is 0 Å². The van der Waals surface area contributed by atoms with E-state index in [9.17, 15) is 19.5 Å². The van der Waals surface area contributed by atoms with Crippen molar-refractivity contribution in [3.8, 4) is 11.1 Å². The Hall–Kier alpha value is -3.61. The molecule has 4 rings (SSSR count). The molecule has 33 heavy (non-hydrogen) atoms. The number of fused-ring (bicyclic) bond motifs is 3. The fourth-order valence-corrected chi connectivity index (χ4v) is 4.64. The number of benzene rings is 2. The maximum Gasteiger partial charge on any atom is 0.407 e. The predicted molar refractivity (Wildman–Crippen MR) is 124 cm³/mol. The monoisotopic (exact) mass is 448 g/mol. The highest BCUT2D eigenvalue weighted by molar-refractivity contribution is 5.93. The number of ether oxygens (including phenoxy) is 1. The van der Waals surface area contributed by atoms with Crippen molar-refractivity contribution in [2.75, 3.05) is 26.2 Å². The first-order valence-corrected chi connectivity index (χ1v) is 11.2. The topological polar surface area (TPSA) is 95.9 Å². The zero-order valence-electron chi connectivity index (χ0n) is 18.6. The van der Waals surface area contributed by atoms with Crippen LogP contribution in [-0.4, -0.2) is 54.2 Å². The van der Waals surface area contributed by atoms with E-state index in [1.54, 1.807) is 17.9 Å². The van der Waals surface area contributed by atoms with Crippen molar-refractivity contribution in [2.45, 2.75) is 25.7 Å². The molecule has 0 saturated carbocycles.